The topological polar surface area (TPSA) is 63.2 Å². The van der Waals surface area contributed by atoms with Crippen LogP contribution in [0.3, 0.4) is 0 Å². The highest BCUT2D eigenvalue weighted by atomic mass is 32.1. The van der Waals surface area contributed by atoms with Crippen LogP contribution >= 0.6 is 11.5 Å². The van der Waals surface area contributed by atoms with Gasteiger partial charge in [-0.3, -0.25) is 9.59 Å². The molecule has 1 aliphatic heterocycles. The molecular weight excluding hydrogens is 190 g/mol. The minimum absolute atomic E-state index is 0.295. The van der Waals surface area contributed by atoms with Crippen LogP contribution < -0.4 is 4.90 Å². The smallest absolute Gasteiger partial charge is 0.261 e. The summed E-state index contributed by atoms with van der Waals surface area (Å²) in [6.07, 6.45) is 2.70. The second-order valence-electron chi connectivity index (χ2n) is 2.56. The summed E-state index contributed by atoms with van der Waals surface area (Å²) in [4.78, 5) is 23.7. The zero-order chi connectivity index (χ0) is 9.42. The number of imide groups is 1. The predicted molar refractivity (Wildman–Crippen MR) is 46.2 cm³/mol. The van der Waals surface area contributed by atoms with E-state index in [2.05, 4.69) is 9.59 Å². The van der Waals surface area contributed by atoms with E-state index in [9.17, 15) is 9.59 Å². The minimum Gasteiger partial charge on any atom is -0.269 e. The van der Waals surface area contributed by atoms with E-state index in [4.69, 9.17) is 0 Å². The molecular formula is C7H5N3O2S. The van der Waals surface area contributed by atoms with E-state index in [0.717, 1.165) is 16.4 Å². The normalized spacial score (nSPS) is 16.7. The Morgan fingerprint density at radius 3 is 2.69 bits per heavy atom. The van der Waals surface area contributed by atoms with E-state index < -0.39 is 0 Å². The summed E-state index contributed by atoms with van der Waals surface area (Å²) in [6, 6.07) is 0. The van der Waals surface area contributed by atoms with Gasteiger partial charge in [-0.25, -0.2) is 4.90 Å². The monoisotopic (exact) mass is 195 g/mol. The van der Waals surface area contributed by atoms with Crippen molar-refractivity contribution in [3.05, 3.63) is 17.8 Å². The Labute approximate surface area is 77.8 Å². The van der Waals surface area contributed by atoms with Crippen LogP contribution in [0.1, 0.15) is 6.92 Å². The molecule has 0 aromatic carbocycles. The number of hydrogen-bond acceptors (Lipinski definition) is 5. The van der Waals surface area contributed by atoms with E-state index in [1.54, 1.807) is 6.92 Å². The number of carbonyl (C=O) groups excluding carboxylic acids is 2. The number of aromatic nitrogens is 2. The Kier molecular flexibility index (Phi) is 1.70. The number of amides is 2. The Hall–Kier alpha value is -1.56. The molecule has 0 radical (unpaired) electrons. The zero-order valence-corrected chi connectivity index (χ0v) is 7.54. The third-order valence-corrected chi connectivity index (χ3v) is 2.32. The average Bonchev–Trinajstić information content (AvgIpc) is 2.63. The van der Waals surface area contributed by atoms with Gasteiger partial charge in [-0.05, 0) is 6.92 Å². The highest BCUT2D eigenvalue weighted by Gasteiger charge is 2.30. The fraction of sp³-hybridized carbons (Fsp3) is 0.143. The van der Waals surface area contributed by atoms with Gasteiger partial charge in [0.2, 0.25) is 0 Å². The Morgan fingerprint density at radius 2 is 2.23 bits per heavy atom. The van der Waals surface area contributed by atoms with Gasteiger partial charge in [-0.15, -0.1) is 5.10 Å². The summed E-state index contributed by atoms with van der Waals surface area (Å²) in [7, 11) is 0. The molecule has 5 nitrogen and oxygen atoms in total. The van der Waals surface area contributed by atoms with Crippen molar-refractivity contribution in [1.29, 1.82) is 0 Å². The average molecular weight is 195 g/mol. The first-order valence-corrected chi connectivity index (χ1v) is 4.31. The van der Waals surface area contributed by atoms with Gasteiger partial charge >= 0.3 is 0 Å². The fourth-order valence-electron chi connectivity index (χ4n) is 1.06. The molecule has 0 aliphatic carbocycles. The summed E-state index contributed by atoms with van der Waals surface area (Å²) in [6.45, 7) is 1.61. The van der Waals surface area contributed by atoms with Crippen molar-refractivity contribution in [3.8, 4) is 0 Å². The molecule has 0 atom stereocenters. The third-order valence-electron chi connectivity index (χ3n) is 1.67. The predicted octanol–water partition coefficient (Wildman–Crippen LogP) is 0.358. The van der Waals surface area contributed by atoms with Crippen molar-refractivity contribution in [1.82, 2.24) is 9.59 Å². The fourth-order valence-corrected chi connectivity index (χ4v) is 1.58. The molecule has 0 bridgehead atoms. The molecule has 2 heterocycles. The van der Waals surface area contributed by atoms with E-state index in [1.165, 1.54) is 12.3 Å². The number of rotatable bonds is 1. The highest BCUT2D eigenvalue weighted by Crippen LogP contribution is 2.23. The minimum atomic E-state index is -0.325. The van der Waals surface area contributed by atoms with E-state index in [1.807, 2.05) is 0 Å². The van der Waals surface area contributed by atoms with Gasteiger partial charge < -0.3 is 0 Å². The standard InChI is InChI=1S/C7H5N3O2S/c1-4-2-5(11)10(7(4)12)6-3-8-9-13-6/h2-3H,1H3. The maximum Gasteiger partial charge on any atom is 0.261 e. The Balaban J connectivity index is 2.39. The second kappa shape index (κ2) is 2.74. The second-order valence-corrected chi connectivity index (χ2v) is 3.33. The first-order chi connectivity index (χ1) is 6.20. The molecule has 0 spiro atoms. The summed E-state index contributed by atoms with van der Waals surface area (Å²) in [5.74, 6) is -0.621. The van der Waals surface area contributed by atoms with Crippen LogP contribution in [0.15, 0.2) is 17.8 Å². The number of hydrogen-bond donors (Lipinski definition) is 0. The maximum absolute atomic E-state index is 11.4. The molecule has 0 unspecified atom stereocenters. The van der Waals surface area contributed by atoms with E-state index in [0.29, 0.717) is 10.6 Å². The van der Waals surface area contributed by atoms with Crippen LogP contribution in [0, 0.1) is 0 Å². The molecule has 66 valence electrons. The summed E-state index contributed by atoms with van der Waals surface area (Å²) < 4.78 is 3.58. The SMILES string of the molecule is CC1=CC(=O)N(c2cnns2)C1=O. The van der Waals surface area contributed by atoms with Crippen molar-refractivity contribution < 1.29 is 9.59 Å². The molecule has 0 saturated heterocycles. The quantitative estimate of drug-likeness (QED) is 0.607. The lowest BCUT2D eigenvalue weighted by molar-refractivity contribution is -0.120. The number of anilines is 1. The lowest BCUT2D eigenvalue weighted by Crippen LogP contribution is -2.29. The highest BCUT2D eigenvalue weighted by molar-refractivity contribution is 7.10. The molecule has 2 rings (SSSR count). The largest absolute Gasteiger partial charge is 0.269 e. The van der Waals surface area contributed by atoms with Crippen molar-refractivity contribution in [2.24, 2.45) is 0 Å². The molecule has 0 saturated carbocycles. The Bertz CT molecular complexity index is 396. The van der Waals surface area contributed by atoms with Gasteiger partial charge in [0, 0.05) is 23.2 Å². The molecule has 1 aliphatic rings. The molecule has 0 N–H and O–H groups in total. The Morgan fingerprint density at radius 1 is 1.46 bits per heavy atom. The third kappa shape index (κ3) is 1.15. The van der Waals surface area contributed by atoms with Gasteiger partial charge in [0.25, 0.3) is 11.8 Å². The molecule has 2 amide bonds. The van der Waals surface area contributed by atoms with E-state index in [-0.39, 0.29) is 11.8 Å². The van der Waals surface area contributed by atoms with Crippen LogP contribution in [0.25, 0.3) is 0 Å². The van der Waals surface area contributed by atoms with Crippen molar-refractivity contribution >= 4 is 28.3 Å². The van der Waals surface area contributed by atoms with Gasteiger partial charge in [0.05, 0.1) is 6.20 Å². The van der Waals surface area contributed by atoms with Crippen LogP contribution in [0.4, 0.5) is 5.00 Å². The lowest BCUT2D eigenvalue weighted by Gasteiger charge is -2.08. The van der Waals surface area contributed by atoms with E-state index >= 15 is 0 Å². The van der Waals surface area contributed by atoms with Gasteiger partial charge in [-0.2, -0.15) is 0 Å². The zero-order valence-electron chi connectivity index (χ0n) is 6.72. The van der Waals surface area contributed by atoms with Gasteiger partial charge in [0.1, 0.15) is 5.00 Å². The summed E-state index contributed by atoms with van der Waals surface area (Å²) in [5.41, 5.74) is 0.443. The molecule has 1 aromatic heterocycles. The van der Waals surface area contributed by atoms with Gasteiger partial charge in [0.15, 0.2) is 0 Å². The van der Waals surface area contributed by atoms with Crippen LogP contribution in [0.2, 0.25) is 0 Å². The first-order valence-electron chi connectivity index (χ1n) is 3.54. The van der Waals surface area contributed by atoms with Gasteiger partial charge in [-0.1, -0.05) is 4.49 Å². The van der Waals surface area contributed by atoms with Crippen LogP contribution in [-0.4, -0.2) is 21.4 Å². The molecule has 0 fully saturated rings. The number of nitrogens with zero attached hydrogens (tertiary/aromatic N) is 3. The van der Waals surface area contributed by atoms with Crippen molar-refractivity contribution in [2.75, 3.05) is 4.90 Å². The first kappa shape index (κ1) is 8.06. The summed E-state index contributed by atoms with van der Waals surface area (Å²) >= 11 is 1.02. The lowest BCUT2D eigenvalue weighted by atomic mass is 10.3. The number of carbonyl (C=O) groups is 2. The van der Waals surface area contributed by atoms with Crippen molar-refractivity contribution in [2.45, 2.75) is 6.92 Å². The van der Waals surface area contributed by atoms with Crippen LogP contribution in [0.5, 0.6) is 0 Å². The summed E-state index contributed by atoms with van der Waals surface area (Å²) in [5, 5.41) is 4.02. The molecule has 13 heavy (non-hydrogen) atoms. The van der Waals surface area contributed by atoms with Crippen LogP contribution in [-0.2, 0) is 9.59 Å². The molecule has 6 heteroatoms. The molecule has 1 aromatic rings. The van der Waals surface area contributed by atoms with Crippen molar-refractivity contribution in [3.63, 3.8) is 0 Å². The maximum atomic E-state index is 11.4.